The normalized spacial score (nSPS) is 30.4. The fourth-order valence-corrected chi connectivity index (χ4v) is 0.754. The average Bonchev–Trinajstić information content (AvgIpc) is 1.87. The van der Waals surface area contributed by atoms with Gasteiger partial charge in [-0.25, -0.2) is 0 Å². The van der Waals surface area contributed by atoms with Crippen molar-refractivity contribution >= 4 is 21.9 Å². The molecule has 1 fully saturated rings. The number of cyclic esters (lactones) is 1. The van der Waals surface area contributed by atoms with Gasteiger partial charge in [0, 0.05) is 0 Å². The summed E-state index contributed by atoms with van der Waals surface area (Å²) in [7, 11) is 0. The van der Waals surface area contributed by atoms with Crippen LogP contribution in [0.5, 0.6) is 0 Å². The maximum atomic E-state index is 10.1. The zero-order valence-corrected chi connectivity index (χ0v) is 5.14. The predicted octanol–water partition coefficient (Wildman–Crippen LogP) is 0.511. The zero-order valence-electron chi connectivity index (χ0n) is 3.56. The van der Waals surface area contributed by atoms with E-state index in [0.29, 0.717) is 6.61 Å². The third kappa shape index (κ3) is 1.16. The maximum Gasteiger partial charge on any atom is 0.311 e. The standard InChI is InChI=1S/C4H4BrO2/c5-3-1-4(6)7-2-3/h1,3H,2H2. The predicted molar refractivity (Wildman–Crippen MR) is 28.0 cm³/mol. The monoisotopic (exact) mass is 163 g/mol. The van der Waals surface area contributed by atoms with E-state index in [1.54, 1.807) is 0 Å². The second kappa shape index (κ2) is 1.82. The highest BCUT2D eigenvalue weighted by Gasteiger charge is 2.20. The van der Waals surface area contributed by atoms with Crippen molar-refractivity contribution in [3.8, 4) is 0 Å². The molecule has 1 aliphatic rings. The van der Waals surface area contributed by atoms with Crippen molar-refractivity contribution in [3.63, 3.8) is 0 Å². The smallest absolute Gasteiger partial charge is 0.311 e. The van der Waals surface area contributed by atoms with Gasteiger partial charge in [0.1, 0.15) is 6.61 Å². The van der Waals surface area contributed by atoms with Crippen molar-refractivity contribution in [1.29, 1.82) is 0 Å². The Morgan fingerprint density at radius 3 is 2.86 bits per heavy atom. The van der Waals surface area contributed by atoms with Crippen LogP contribution in [0.4, 0.5) is 0 Å². The SMILES string of the molecule is O=C1[CH]C(Br)CO1. The molecule has 0 aromatic heterocycles. The molecule has 0 amide bonds. The van der Waals surface area contributed by atoms with Crippen LogP contribution in [0.15, 0.2) is 0 Å². The molecule has 0 aromatic carbocycles. The molecule has 0 N–H and O–H groups in total. The molecule has 1 rings (SSSR count). The van der Waals surface area contributed by atoms with Crippen LogP contribution >= 0.6 is 15.9 Å². The highest BCUT2D eigenvalue weighted by atomic mass is 79.9. The van der Waals surface area contributed by atoms with E-state index < -0.39 is 0 Å². The number of rotatable bonds is 0. The Hall–Kier alpha value is -0.0500. The summed E-state index contributed by atoms with van der Waals surface area (Å²) in [6.45, 7) is 0.485. The summed E-state index contributed by atoms with van der Waals surface area (Å²) in [5, 5.41) is 0. The van der Waals surface area contributed by atoms with Gasteiger partial charge in [-0.2, -0.15) is 0 Å². The number of carbonyl (C=O) groups excluding carboxylic acids is 1. The third-order valence-electron chi connectivity index (χ3n) is 0.702. The quantitative estimate of drug-likeness (QED) is 0.385. The van der Waals surface area contributed by atoms with Crippen LogP contribution in [-0.2, 0) is 9.53 Å². The number of hydrogen-bond donors (Lipinski definition) is 0. The lowest BCUT2D eigenvalue weighted by molar-refractivity contribution is -0.135. The first-order chi connectivity index (χ1) is 3.29. The molecule has 0 saturated carbocycles. The molecule has 1 atom stereocenters. The fourth-order valence-electron chi connectivity index (χ4n) is 0.406. The second-order valence-electron chi connectivity index (χ2n) is 1.31. The van der Waals surface area contributed by atoms with Crippen LogP contribution in [0.3, 0.4) is 0 Å². The lowest BCUT2D eigenvalue weighted by Gasteiger charge is -1.85. The van der Waals surface area contributed by atoms with Crippen LogP contribution in [0, 0.1) is 6.42 Å². The van der Waals surface area contributed by atoms with Crippen LogP contribution in [-0.4, -0.2) is 17.4 Å². The zero-order chi connectivity index (χ0) is 5.28. The van der Waals surface area contributed by atoms with Crippen LogP contribution in [0.1, 0.15) is 0 Å². The Kier molecular flexibility index (Phi) is 1.32. The summed E-state index contributed by atoms with van der Waals surface area (Å²) in [5.74, 6) is -0.220. The summed E-state index contributed by atoms with van der Waals surface area (Å²) >= 11 is 3.18. The summed E-state index contributed by atoms with van der Waals surface area (Å²) < 4.78 is 4.52. The van der Waals surface area contributed by atoms with E-state index in [1.807, 2.05) is 0 Å². The summed E-state index contributed by atoms with van der Waals surface area (Å²) in [6, 6.07) is 0. The molecule has 7 heavy (non-hydrogen) atoms. The number of alkyl halides is 1. The third-order valence-corrected chi connectivity index (χ3v) is 1.23. The first kappa shape index (κ1) is 5.09. The van der Waals surface area contributed by atoms with Gasteiger partial charge in [-0.1, -0.05) is 15.9 Å². The molecule has 0 spiro atoms. The van der Waals surface area contributed by atoms with E-state index in [0.717, 1.165) is 0 Å². The van der Waals surface area contributed by atoms with Gasteiger partial charge in [-0.3, -0.25) is 4.79 Å². The number of halogens is 1. The van der Waals surface area contributed by atoms with E-state index >= 15 is 0 Å². The Labute approximate surface area is 50.0 Å². The lowest BCUT2D eigenvalue weighted by Crippen LogP contribution is -1.93. The van der Waals surface area contributed by atoms with Gasteiger partial charge in [0.25, 0.3) is 0 Å². The molecule has 2 nitrogen and oxygen atoms in total. The lowest BCUT2D eigenvalue weighted by atomic mass is 10.4. The molecule has 1 aliphatic heterocycles. The van der Waals surface area contributed by atoms with E-state index in [1.165, 1.54) is 6.42 Å². The van der Waals surface area contributed by atoms with E-state index in [2.05, 4.69) is 20.7 Å². The second-order valence-corrected chi connectivity index (χ2v) is 2.49. The summed E-state index contributed by atoms with van der Waals surface area (Å²) in [5.41, 5.74) is 0. The van der Waals surface area contributed by atoms with Crippen molar-refractivity contribution in [2.24, 2.45) is 0 Å². The van der Waals surface area contributed by atoms with Gasteiger partial charge in [0.15, 0.2) is 0 Å². The maximum absolute atomic E-state index is 10.1. The van der Waals surface area contributed by atoms with Gasteiger partial charge in [0.05, 0.1) is 11.2 Å². The van der Waals surface area contributed by atoms with Crippen molar-refractivity contribution in [1.82, 2.24) is 0 Å². The van der Waals surface area contributed by atoms with Gasteiger partial charge >= 0.3 is 5.97 Å². The van der Waals surface area contributed by atoms with Crippen molar-refractivity contribution in [3.05, 3.63) is 6.42 Å². The van der Waals surface area contributed by atoms with Crippen molar-refractivity contribution < 1.29 is 9.53 Å². The summed E-state index contributed by atoms with van der Waals surface area (Å²) in [4.78, 5) is 10.3. The number of esters is 1. The van der Waals surface area contributed by atoms with Crippen LogP contribution in [0.2, 0.25) is 0 Å². The molecule has 1 radical (unpaired) electrons. The van der Waals surface area contributed by atoms with E-state index in [-0.39, 0.29) is 10.8 Å². The Balaban J connectivity index is 2.40. The first-order valence-electron chi connectivity index (χ1n) is 1.95. The molecular formula is C4H4BrO2. The van der Waals surface area contributed by atoms with Crippen molar-refractivity contribution in [2.75, 3.05) is 6.61 Å². The minimum absolute atomic E-state index is 0.139. The number of hydrogen-bond acceptors (Lipinski definition) is 2. The number of ether oxygens (including phenoxy) is 1. The Morgan fingerprint density at radius 2 is 2.71 bits per heavy atom. The molecular weight excluding hydrogens is 160 g/mol. The van der Waals surface area contributed by atoms with Gasteiger partial charge in [-0.05, 0) is 0 Å². The first-order valence-corrected chi connectivity index (χ1v) is 2.86. The van der Waals surface area contributed by atoms with Crippen molar-refractivity contribution in [2.45, 2.75) is 4.83 Å². The molecule has 3 heteroatoms. The molecule has 0 aromatic rings. The molecule has 1 unspecified atom stereocenters. The molecule has 0 bridgehead atoms. The van der Waals surface area contributed by atoms with Gasteiger partial charge < -0.3 is 4.74 Å². The van der Waals surface area contributed by atoms with Gasteiger partial charge in [-0.15, -0.1) is 0 Å². The minimum atomic E-state index is -0.220. The fraction of sp³-hybridized carbons (Fsp3) is 0.500. The Morgan fingerprint density at radius 1 is 2.00 bits per heavy atom. The van der Waals surface area contributed by atoms with Crippen LogP contribution in [0.25, 0.3) is 0 Å². The summed E-state index contributed by atoms with van der Waals surface area (Å²) in [6.07, 6.45) is 1.50. The average molecular weight is 164 g/mol. The minimum Gasteiger partial charge on any atom is -0.464 e. The molecule has 39 valence electrons. The topological polar surface area (TPSA) is 26.3 Å². The number of carbonyl (C=O) groups is 1. The van der Waals surface area contributed by atoms with E-state index in [9.17, 15) is 4.79 Å². The highest BCUT2D eigenvalue weighted by Crippen LogP contribution is 2.11. The molecule has 1 saturated heterocycles. The Bertz CT molecular complexity index is 91.7. The largest absolute Gasteiger partial charge is 0.464 e. The molecule has 0 aliphatic carbocycles. The molecule has 1 heterocycles. The van der Waals surface area contributed by atoms with Crippen LogP contribution < -0.4 is 0 Å². The van der Waals surface area contributed by atoms with Gasteiger partial charge in [0.2, 0.25) is 0 Å². The van der Waals surface area contributed by atoms with E-state index in [4.69, 9.17) is 0 Å². The highest BCUT2D eigenvalue weighted by molar-refractivity contribution is 9.09.